The van der Waals surface area contributed by atoms with Gasteiger partial charge in [-0.3, -0.25) is 0 Å². The van der Waals surface area contributed by atoms with Crippen LogP contribution in [0.25, 0.3) is 0 Å². The van der Waals surface area contributed by atoms with Crippen LogP contribution in [0.4, 0.5) is 0 Å². The van der Waals surface area contributed by atoms with Gasteiger partial charge in [0.2, 0.25) is 0 Å². The van der Waals surface area contributed by atoms with Gasteiger partial charge in [-0.1, -0.05) is 23.7 Å². The SMILES string of the molecule is COc1cc(C(C)(O)c2cccs2)ccc1Cl. The Kier molecular flexibility index (Phi) is 3.43. The zero-order valence-corrected chi connectivity index (χ0v) is 11.2. The van der Waals surface area contributed by atoms with E-state index in [1.807, 2.05) is 23.6 Å². The van der Waals surface area contributed by atoms with Gasteiger partial charge in [-0.15, -0.1) is 11.3 Å². The number of ether oxygens (including phenoxy) is 1. The summed E-state index contributed by atoms with van der Waals surface area (Å²) >= 11 is 7.49. The van der Waals surface area contributed by atoms with E-state index in [-0.39, 0.29) is 0 Å². The first kappa shape index (κ1) is 12.4. The number of benzene rings is 1. The quantitative estimate of drug-likeness (QED) is 0.920. The summed E-state index contributed by atoms with van der Waals surface area (Å²) in [5, 5.41) is 13.1. The monoisotopic (exact) mass is 268 g/mol. The summed E-state index contributed by atoms with van der Waals surface area (Å²) in [7, 11) is 1.56. The van der Waals surface area contributed by atoms with Crippen molar-refractivity contribution in [2.45, 2.75) is 12.5 Å². The average Bonchev–Trinajstić information content (AvgIpc) is 2.83. The molecule has 0 saturated carbocycles. The molecular weight excluding hydrogens is 256 g/mol. The van der Waals surface area contributed by atoms with E-state index in [1.54, 1.807) is 26.2 Å². The van der Waals surface area contributed by atoms with E-state index >= 15 is 0 Å². The van der Waals surface area contributed by atoms with E-state index in [2.05, 4.69) is 0 Å². The van der Waals surface area contributed by atoms with E-state index in [9.17, 15) is 5.11 Å². The van der Waals surface area contributed by atoms with E-state index in [0.717, 1.165) is 10.4 Å². The molecule has 0 bridgehead atoms. The Morgan fingerprint density at radius 1 is 1.35 bits per heavy atom. The summed E-state index contributed by atoms with van der Waals surface area (Å²) in [6, 6.07) is 9.14. The maximum Gasteiger partial charge on any atom is 0.137 e. The summed E-state index contributed by atoms with van der Waals surface area (Å²) in [6.07, 6.45) is 0. The molecule has 1 N–H and O–H groups in total. The maximum absolute atomic E-state index is 10.6. The second-order valence-electron chi connectivity index (χ2n) is 3.90. The van der Waals surface area contributed by atoms with E-state index in [0.29, 0.717) is 10.8 Å². The number of thiophene rings is 1. The van der Waals surface area contributed by atoms with Crippen LogP contribution in [0.15, 0.2) is 35.7 Å². The predicted molar refractivity (Wildman–Crippen MR) is 71.0 cm³/mol. The van der Waals surface area contributed by atoms with Crippen LogP contribution in [0, 0.1) is 0 Å². The zero-order valence-electron chi connectivity index (χ0n) is 9.61. The molecule has 0 aliphatic carbocycles. The molecule has 0 fully saturated rings. The minimum Gasteiger partial charge on any atom is -0.495 e. The minimum absolute atomic E-state index is 0.540. The molecule has 1 unspecified atom stereocenters. The van der Waals surface area contributed by atoms with E-state index < -0.39 is 5.60 Å². The number of rotatable bonds is 3. The van der Waals surface area contributed by atoms with Gasteiger partial charge in [-0.05, 0) is 36.1 Å². The van der Waals surface area contributed by atoms with Crippen molar-refractivity contribution < 1.29 is 9.84 Å². The van der Waals surface area contributed by atoms with Gasteiger partial charge in [0, 0.05) is 4.88 Å². The van der Waals surface area contributed by atoms with Crippen molar-refractivity contribution in [2.24, 2.45) is 0 Å². The molecule has 0 aliphatic heterocycles. The molecule has 90 valence electrons. The lowest BCUT2D eigenvalue weighted by atomic mass is 9.94. The molecule has 0 spiro atoms. The number of hydrogen-bond acceptors (Lipinski definition) is 3. The van der Waals surface area contributed by atoms with Gasteiger partial charge in [0.25, 0.3) is 0 Å². The minimum atomic E-state index is -1.02. The highest BCUT2D eigenvalue weighted by Gasteiger charge is 2.27. The molecular formula is C13H13ClO2S. The van der Waals surface area contributed by atoms with Crippen molar-refractivity contribution in [3.8, 4) is 5.75 Å². The first-order valence-corrected chi connectivity index (χ1v) is 6.42. The molecule has 2 rings (SSSR count). The van der Waals surface area contributed by atoms with Gasteiger partial charge in [0.15, 0.2) is 0 Å². The molecule has 0 saturated heterocycles. The normalized spacial score (nSPS) is 14.4. The van der Waals surface area contributed by atoms with E-state index in [4.69, 9.17) is 16.3 Å². The lowest BCUT2D eigenvalue weighted by Gasteiger charge is -2.23. The van der Waals surface area contributed by atoms with Gasteiger partial charge in [0.1, 0.15) is 11.4 Å². The highest BCUT2D eigenvalue weighted by Crippen LogP contribution is 2.36. The molecule has 0 radical (unpaired) electrons. The smallest absolute Gasteiger partial charge is 0.137 e. The number of halogens is 1. The molecule has 2 aromatic rings. The topological polar surface area (TPSA) is 29.5 Å². The van der Waals surface area contributed by atoms with Gasteiger partial charge in [-0.25, -0.2) is 0 Å². The molecule has 2 nitrogen and oxygen atoms in total. The van der Waals surface area contributed by atoms with Crippen molar-refractivity contribution in [3.63, 3.8) is 0 Å². The Hall–Kier alpha value is -1.03. The van der Waals surface area contributed by atoms with Crippen molar-refractivity contribution in [2.75, 3.05) is 7.11 Å². The van der Waals surface area contributed by atoms with Crippen LogP contribution >= 0.6 is 22.9 Å². The molecule has 0 amide bonds. The van der Waals surface area contributed by atoms with Gasteiger partial charge < -0.3 is 9.84 Å². The van der Waals surface area contributed by atoms with Crippen molar-refractivity contribution in [3.05, 3.63) is 51.2 Å². The fourth-order valence-electron chi connectivity index (χ4n) is 1.66. The summed E-state index contributed by atoms with van der Waals surface area (Å²) < 4.78 is 5.16. The Morgan fingerprint density at radius 2 is 2.12 bits per heavy atom. The van der Waals surface area contributed by atoms with Crippen LogP contribution in [0.5, 0.6) is 5.75 Å². The Balaban J connectivity index is 2.46. The lowest BCUT2D eigenvalue weighted by Crippen LogP contribution is -2.21. The lowest BCUT2D eigenvalue weighted by molar-refractivity contribution is 0.106. The molecule has 1 heterocycles. The third-order valence-corrected chi connectivity index (χ3v) is 4.11. The standard InChI is InChI=1S/C13H13ClO2S/c1-13(15,12-4-3-7-17-12)9-5-6-10(14)11(8-9)16-2/h3-8,15H,1-2H3. The molecule has 1 atom stereocenters. The van der Waals surface area contributed by atoms with Gasteiger partial charge in [0.05, 0.1) is 12.1 Å². The second-order valence-corrected chi connectivity index (χ2v) is 5.25. The van der Waals surface area contributed by atoms with Crippen LogP contribution in [-0.2, 0) is 5.60 Å². The molecule has 0 aliphatic rings. The van der Waals surface area contributed by atoms with Crippen LogP contribution in [0.3, 0.4) is 0 Å². The van der Waals surface area contributed by atoms with Crippen molar-refractivity contribution in [1.29, 1.82) is 0 Å². The summed E-state index contributed by atoms with van der Waals surface area (Å²) in [4.78, 5) is 0.891. The Morgan fingerprint density at radius 3 is 2.71 bits per heavy atom. The molecule has 4 heteroatoms. The Bertz CT molecular complexity index is 506. The molecule has 1 aromatic heterocycles. The average molecular weight is 269 g/mol. The number of aliphatic hydroxyl groups is 1. The number of hydrogen-bond donors (Lipinski definition) is 1. The van der Waals surface area contributed by atoms with E-state index in [1.165, 1.54) is 11.3 Å². The van der Waals surface area contributed by atoms with Crippen LogP contribution in [-0.4, -0.2) is 12.2 Å². The largest absolute Gasteiger partial charge is 0.495 e. The highest BCUT2D eigenvalue weighted by atomic mass is 35.5. The fraction of sp³-hybridized carbons (Fsp3) is 0.231. The predicted octanol–water partition coefficient (Wildman–Crippen LogP) is 3.67. The summed E-state index contributed by atoms with van der Waals surface area (Å²) in [5.41, 5.74) is -0.257. The van der Waals surface area contributed by atoms with Crippen molar-refractivity contribution in [1.82, 2.24) is 0 Å². The van der Waals surface area contributed by atoms with Crippen LogP contribution < -0.4 is 4.74 Å². The second kappa shape index (κ2) is 4.69. The first-order valence-electron chi connectivity index (χ1n) is 5.16. The highest BCUT2D eigenvalue weighted by molar-refractivity contribution is 7.10. The van der Waals surface area contributed by atoms with Gasteiger partial charge >= 0.3 is 0 Å². The number of methoxy groups -OCH3 is 1. The van der Waals surface area contributed by atoms with Crippen molar-refractivity contribution >= 4 is 22.9 Å². The zero-order chi connectivity index (χ0) is 12.5. The summed E-state index contributed by atoms with van der Waals surface area (Å²) in [6.45, 7) is 1.77. The fourth-order valence-corrected chi connectivity index (χ4v) is 2.66. The third-order valence-electron chi connectivity index (χ3n) is 2.71. The van der Waals surface area contributed by atoms with Crippen LogP contribution in [0.1, 0.15) is 17.4 Å². The van der Waals surface area contributed by atoms with Crippen LogP contribution in [0.2, 0.25) is 5.02 Å². The first-order chi connectivity index (χ1) is 8.05. The maximum atomic E-state index is 10.6. The third kappa shape index (κ3) is 2.32. The molecule has 1 aromatic carbocycles. The Labute approximate surface area is 109 Å². The van der Waals surface area contributed by atoms with Gasteiger partial charge in [-0.2, -0.15) is 0 Å². The summed E-state index contributed by atoms with van der Waals surface area (Å²) in [5.74, 6) is 0.570. The molecule has 17 heavy (non-hydrogen) atoms.